The third-order valence-electron chi connectivity index (χ3n) is 17.8. The van der Waals surface area contributed by atoms with E-state index in [2.05, 4.69) is 275 Å². The average molecular weight is 1120 g/mol. The fraction of sp³-hybridized carbons (Fsp3) is 0.195. The van der Waals surface area contributed by atoms with Crippen LogP contribution in [-0.4, -0.2) is 11.3 Å². The Bertz CT molecular complexity index is 4750. The van der Waals surface area contributed by atoms with Gasteiger partial charge in [0, 0.05) is 44.6 Å². The molecule has 11 aromatic carbocycles. The Hall–Kier alpha value is -9.12. The number of rotatable bonds is 7. The Morgan fingerprint density at radius 3 is 1.06 bits per heavy atom. The summed E-state index contributed by atoms with van der Waals surface area (Å²) in [6.07, 6.45) is 0. The van der Waals surface area contributed by atoms with E-state index in [1.54, 1.807) is 4.57 Å². The van der Waals surface area contributed by atoms with Crippen molar-refractivity contribution in [3.05, 3.63) is 265 Å². The number of para-hydroxylation sites is 4. The van der Waals surface area contributed by atoms with Crippen molar-refractivity contribution in [1.29, 1.82) is 0 Å². The van der Waals surface area contributed by atoms with Crippen LogP contribution in [0.15, 0.2) is 242 Å². The molecule has 3 nitrogen and oxygen atoms in total. The van der Waals surface area contributed by atoms with Crippen LogP contribution in [0.4, 0.5) is 34.1 Å². The van der Waals surface area contributed by atoms with Crippen molar-refractivity contribution in [3.8, 4) is 50.2 Å². The van der Waals surface area contributed by atoms with Gasteiger partial charge in [0.2, 0.25) is 0 Å². The first kappa shape index (κ1) is 46.2. The fourth-order valence-corrected chi connectivity index (χ4v) is 13.0. The summed E-state index contributed by atoms with van der Waals surface area (Å²) in [7, 11) is 0. The van der Waals surface area contributed by atoms with Crippen LogP contribution in [0.1, 0.15) is 116 Å². The number of fused-ring (bicyclic) bond motifs is 7. The van der Waals surface area contributed by atoms with Crippen molar-refractivity contribution in [2.75, 3.05) is 9.80 Å². The molecular formula is C82H76BN3. The second-order valence-electron chi connectivity index (χ2n) is 27.7. The van der Waals surface area contributed by atoms with Crippen molar-refractivity contribution in [1.82, 2.24) is 4.57 Å². The maximum absolute atomic E-state index is 9.89. The van der Waals surface area contributed by atoms with Crippen molar-refractivity contribution in [3.63, 3.8) is 0 Å². The highest BCUT2D eigenvalue weighted by atomic mass is 15.2. The zero-order valence-electron chi connectivity index (χ0n) is 59.4. The van der Waals surface area contributed by atoms with Gasteiger partial charge < -0.3 is 14.4 Å². The van der Waals surface area contributed by atoms with Crippen LogP contribution in [-0.2, 0) is 21.7 Å². The number of benzene rings is 11. The second-order valence-corrected chi connectivity index (χ2v) is 27.7. The minimum Gasteiger partial charge on any atom is -0.311 e. The number of hydrogen-bond donors (Lipinski definition) is 0. The molecule has 0 amide bonds. The molecular weight excluding hydrogens is 1040 g/mol. The summed E-state index contributed by atoms with van der Waals surface area (Å²) in [6.45, 7) is 26.8. The zero-order chi connectivity index (χ0) is 66.6. The van der Waals surface area contributed by atoms with Gasteiger partial charge in [0.1, 0.15) is 0 Å². The Morgan fingerprint density at radius 2 is 0.674 bits per heavy atom. The third-order valence-corrected chi connectivity index (χ3v) is 17.8. The number of hydrogen-bond acceptors (Lipinski definition) is 2. The van der Waals surface area contributed by atoms with Crippen molar-refractivity contribution in [2.45, 2.75) is 105 Å². The van der Waals surface area contributed by atoms with Gasteiger partial charge in [0.05, 0.1) is 39.1 Å². The lowest BCUT2D eigenvalue weighted by molar-refractivity contribution is 0.568. The lowest BCUT2D eigenvalue weighted by Crippen LogP contribution is -2.61. The summed E-state index contributed by atoms with van der Waals surface area (Å²) < 4.78 is 77.4. The predicted molar refractivity (Wildman–Crippen MR) is 371 cm³/mol. The van der Waals surface area contributed by atoms with E-state index < -0.39 is 30.9 Å². The van der Waals surface area contributed by atoms with Gasteiger partial charge in [-0.3, -0.25) is 0 Å². The zero-order valence-corrected chi connectivity index (χ0v) is 51.4. The molecule has 422 valence electrons. The van der Waals surface area contributed by atoms with Crippen molar-refractivity contribution < 1.29 is 11.0 Å². The molecule has 0 aliphatic carbocycles. The number of nitrogens with zero attached hydrogens (tertiary/aromatic N) is 3. The van der Waals surface area contributed by atoms with E-state index in [4.69, 9.17) is 2.74 Å². The largest absolute Gasteiger partial charge is 0.311 e. The molecule has 0 fully saturated rings. The van der Waals surface area contributed by atoms with Crippen LogP contribution >= 0.6 is 0 Å². The molecule has 0 radical (unpaired) electrons. The van der Waals surface area contributed by atoms with E-state index in [1.165, 1.54) is 22.3 Å². The van der Waals surface area contributed by atoms with Crippen LogP contribution < -0.4 is 26.2 Å². The molecule has 0 N–H and O–H groups in total. The minimum atomic E-state index is -0.495. The fourth-order valence-electron chi connectivity index (χ4n) is 13.0. The highest BCUT2D eigenvalue weighted by Gasteiger charge is 2.45. The number of aromatic nitrogens is 1. The van der Waals surface area contributed by atoms with Gasteiger partial charge in [-0.25, -0.2) is 0 Å². The van der Waals surface area contributed by atoms with E-state index in [-0.39, 0.29) is 67.6 Å². The average Bonchev–Trinajstić information content (AvgIpc) is 0.695. The van der Waals surface area contributed by atoms with Gasteiger partial charge in [-0.2, -0.15) is 0 Å². The molecule has 2 aliphatic heterocycles. The summed E-state index contributed by atoms with van der Waals surface area (Å²) in [5.41, 5.74) is 21.4. The van der Waals surface area contributed by atoms with Gasteiger partial charge in [-0.1, -0.05) is 277 Å². The van der Waals surface area contributed by atoms with E-state index >= 15 is 0 Å². The van der Waals surface area contributed by atoms with Crippen molar-refractivity contribution in [2.24, 2.45) is 0 Å². The standard InChI is InChI=1S/C82H76BN3/c1-79(2,3)59-43-57(44-60(49-59)80(4,5)6)55-39-41-68-74(47-55)85(70-35-23-19-31-64(70)53-27-15-13-16-28-53)76-51-63(84-72-37-25-21-33-66(72)67-34-22-26-38-73(67)84)52-77-78(76)83(68)69-42-40-56(58-45-61(81(7,8)9)50-62(46-58)82(10,11)12)48-75(69)86(77)71-36-24-20-32-65(71)54-29-17-14-18-30-54/h13-52H,1-12H3/i21D,22D,25D,26D,33D,34D,37D,38D. The van der Waals surface area contributed by atoms with Gasteiger partial charge >= 0.3 is 0 Å². The highest BCUT2D eigenvalue weighted by Crippen LogP contribution is 2.51. The molecule has 12 aromatic rings. The topological polar surface area (TPSA) is 11.4 Å². The molecule has 1 aromatic heterocycles. The van der Waals surface area contributed by atoms with Crippen LogP contribution in [0.2, 0.25) is 0 Å². The van der Waals surface area contributed by atoms with Crippen molar-refractivity contribution >= 4 is 79.0 Å². The Labute approximate surface area is 521 Å². The molecule has 0 bridgehead atoms. The molecule has 14 rings (SSSR count). The Morgan fingerprint density at radius 1 is 0.314 bits per heavy atom. The van der Waals surface area contributed by atoms with Crippen LogP contribution in [0.5, 0.6) is 0 Å². The van der Waals surface area contributed by atoms with E-state index in [1.807, 2.05) is 12.1 Å². The summed E-state index contributed by atoms with van der Waals surface area (Å²) >= 11 is 0. The maximum Gasteiger partial charge on any atom is 0.252 e. The van der Waals surface area contributed by atoms with Crippen LogP contribution in [0.25, 0.3) is 72.0 Å². The summed E-state index contributed by atoms with van der Waals surface area (Å²) in [4.78, 5) is 4.76. The van der Waals surface area contributed by atoms with Crippen LogP contribution in [0, 0.1) is 0 Å². The molecule has 0 spiro atoms. The summed E-state index contributed by atoms with van der Waals surface area (Å²) in [5, 5.41) is 0.0259. The lowest BCUT2D eigenvalue weighted by atomic mass is 9.33. The van der Waals surface area contributed by atoms with E-state index in [0.29, 0.717) is 5.69 Å². The third kappa shape index (κ3) is 9.37. The first-order valence-corrected chi connectivity index (χ1v) is 30.2. The second kappa shape index (κ2) is 20.3. The Balaban J connectivity index is 1.19. The van der Waals surface area contributed by atoms with Gasteiger partial charge in [-0.15, -0.1) is 0 Å². The normalized spacial score (nSPS) is 14.6. The smallest absolute Gasteiger partial charge is 0.252 e. The van der Waals surface area contributed by atoms with Gasteiger partial charge in [0.15, 0.2) is 0 Å². The minimum absolute atomic E-state index is 0.0130. The quantitative estimate of drug-likeness (QED) is 0.147. The monoisotopic (exact) mass is 1120 g/mol. The molecule has 4 heteroatoms. The van der Waals surface area contributed by atoms with Crippen LogP contribution in [0.3, 0.4) is 0 Å². The lowest BCUT2D eigenvalue weighted by Gasteiger charge is -2.45. The number of anilines is 6. The molecule has 3 heterocycles. The van der Waals surface area contributed by atoms with E-state index in [0.717, 1.165) is 95.0 Å². The maximum atomic E-state index is 9.89. The molecule has 0 atom stereocenters. The molecule has 86 heavy (non-hydrogen) atoms. The summed E-state index contributed by atoms with van der Waals surface area (Å²) in [6, 6.07) is 66.6. The van der Waals surface area contributed by atoms with Gasteiger partial charge in [-0.05, 0) is 142 Å². The summed E-state index contributed by atoms with van der Waals surface area (Å²) in [5.74, 6) is 0. The molecule has 0 unspecified atom stereocenters. The predicted octanol–water partition coefficient (Wildman–Crippen LogP) is 20.7. The SMILES string of the molecule is [2H]c1c([2H])c([2H])c2c(c1[2H])c1c([2H])c([2H])c([2H])c([2H])c1n2-c1cc2c3c(c1)N(c1ccccc1-c1ccccc1)c1cc(-c4cc(C(C)(C)C)cc(C(C)(C)C)c4)ccc1B3c1ccc(-c3cc(C(C)(C)C)cc(C(C)(C)C)c3)cc1N2c1ccccc1-c1ccccc1. The molecule has 0 saturated heterocycles. The molecule has 2 aliphatic rings. The first-order valence-electron chi connectivity index (χ1n) is 34.2. The highest BCUT2D eigenvalue weighted by molar-refractivity contribution is 7.00. The molecule has 0 saturated carbocycles. The Kier molecular flexibility index (Phi) is 10.9. The van der Waals surface area contributed by atoms with Gasteiger partial charge in [0.25, 0.3) is 6.71 Å². The first-order chi connectivity index (χ1) is 44.5. The van der Waals surface area contributed by atoms with E-state index in [9.17, 15) is 8.22 Å².